The van der Waals surface area contributed by atoms with Crippen LogP contribution in [0.4, 0.5) is 0 Å². The average molecular weight is 226 g/mol. The van der Waals surface area contributed by atoms with Crippen molar-refractivity contribution in [1.29, 1.82) is 0 Å². The molecule has 0 aliphatic carbocycles. The van der Waals surface area contributed by atoms with Gasteiger partial charge in [0.25, 0.3) is 0 Å². The Morgan fingerprint density at radius 1 is 1.56 bits per heavy atom. The van der Waals surface area contributed by atoms with E-state index in [0.717, 1.165) is 26.2 Å². The molecule has 0 aromatic carbocycles. The van der Waals surface area contributed by atoms with Crippen molar-refractivity contribution in [2.24, 2.45) is 7.05 Å². The van der Waals surface area contributed by atoms with Crippen molar-refractivity contribution in [1.82, 2.24) is 20.2 Å². The van der Waals surface area contributed by atoms with Crippen LogP contribution in [0.15, 0.2) is 12.5 Å². The van der Waals surface area contributed by atoms with Gasteiger partial charge in [0.15, 0.2) is 0 Å². The van der Waals surface area contributed by atoms with Crippen molar-refractivity contribution in [3.63, 3.8) is 0 Å². The molecule has 0 saturated carbocycles. The Bertz CT molecular complexity index is 287. The van der Waals surface area contributed by atoms with Crippen LogP contribution in [0.2, 0.25) is 0 Å². The van der Waals surface area contributed by atoms with Crippen LogP contribution in [0.25, 0.3) is 0 Å². The van der Waals surface area contributed by atoms with Gasteiger partial charge < -0.3 is 19.9 Å². The standard InChI is InChI=1S/C11H22N4O/c1-10(6-12-4-5-16-3)14-8-11-7-13-9-15(11)2/h7,9-10,12,14H,4-6,8H2,1-3H3. The van der Waals surface area contributed by atoms with Gasteiger partial charge in [0.05, 0.1) is 18.6 Å². The Morgan fingerprint density at radius 3 is 3.00 bits per heavy atom. The molecule has 1 heterocycles. The van der Waals surface area contributed by atoms with E-state index in [0.29, 0.717) is 6.04 Å². The molecule has 0 radical (unpaired) electrons. The lowest BCUT2D eigenvalue weighted by Crippen LogP contribution is -2.37. The first-order chi connectivity index (χ1) is 7.74. The largest absolute Gasteiger partial charge is 0.383 e. The Kier molecular flexibility index (Phi) is 6.07. The molecule has 92 valence electrons. The molecule has 1 aromatic heterocycles. The van der Waals surface area contributed by atoms with Crippen LogP contribution in [0, 0.1) is 0 Å². The number of nitrogens with one attached hydrogen (secondary N) is 2. The first-order valence-electron chi connectivity index (χ1n) is 5.62. The van der Waals surface area contributed by atoms with Crippen molar-refractivity contribution in [3.8, 4) is 0 Å². The molecule has 16 heavy (non-hydrogen) atoms. The van der Waals surface area contributed by atoms with E-state index in [4.69, 9.17) is 4.74 Å². The quantitative estimate of drug-likeness (QED) is 0.619. The third kappa shape index (κ3) is 4.74. The van der Waals surface area contributed by atoms with Crippen LogP contribution >= 0.6 is 0 Å². The van der Waals surface area contributed by atoms with Crippen LogP contribution in [-0.2, 0) is 18.3 Å². The summed E-state index contributed by atoms with van der Waals surface area (Å²) >= 11 is 0. The maximum Gasteiger partial charge on any atom is 0.0945 e. The summed E-state index contributed by atoms with van der Waals surface area (Å²) in [5, 5.41) is 6.76. The summed E-state index contributed by atoms with van der Waals surface area (Å²) in [6.45, 7) is 5.61. The minimum atomic E-state index is 0.437. The zero-order chi connectivity index (χ0) is 11.8. The molecule has 0 bridgehead atoms. The third-order valence-corrected chi connectivity index (χ3v) is 2.48. The van der Waals surface area contributed by atoms with Crippen LogP contribution < -0.4 is 10.6 Å². The zero-order valence-corrected chi connectivity index (χ0v) is 10.4. The second-order valence-corrected chi connectivity index (χ2v) is 3.97. The van der Waals surface area contributed by atoms with Crippen LogP contribution in [0.5, 0.6) is 0 Å². The number of imidazole rings is 1. The molecule has 0 aliphatic rings. The monoisotopic (exact) mass is 226 g/mol. The highest BCUT2D eigenvalue weighted by atomic mass is 16.5. The molecule has 1 aromatic rings. The van der Waals surface area contributed by atoms with E-state index in [1.54, 1.807) is 7.11 Å². The number of methoxy groups -OCH3 is 1. The Balaban J connectivity index is 2.10. The van der Waals surface area contributed by atoms with Crippen molar-refractivity contribution in [2.75, 3.05) is 26.8 Å². The molecule has 5 heteroatoms. The first-order valence-corrected chi connectivity index (χ1v) is 5.62. The topological polar surface area (TPSA) is 51.1 Å². The van der Waals surface area contributed by atoms with Gasteiger partial charge in [0.1, 0.15) is 0 Å². The summed E-state index contributed by atoms with van der Waals surface area (Å²) in [6.07, 6.45) is 3.70. The molecule has 1 unspecified atom stereocenters. The van der Waals surface area contributed by atoms with Crippen molar-refractivity contribution in [2.45, 2.75) is 19.5 Å². The molecule has 1 rings (SSSR count). The SMILES string of the molecule is COCCNCC(C)NCc1cncn1C. The number of hydrogen-bond donors (Lipinski definition) is 2. The van der Waals surface area contributed by atoms with Gasteiger partial charge in [-0.25, -0.2) is 4.98 Å². The Labute approximate surface area is 97.2 Å². The van der Waals surface area contributed by atoms with Gasteiger partial charge in [-0.1, -0.05) is 0 Å². The lowest BCUT2D eigenvalue weighted by atomic mass is 10.3. The number of aromatic nitrogens is 2. The summed E-state index contributed by atoms with van der Waals surface area (Å²) < 4.78 is 6.99. The minimum Gasteiger partial charge on any atom is -0.383 e. The van der Waals surface area contributed by atoms with E-state index in [9.17, 15) is 0 Å². The van der Waals surface area contributed by atoms with Crippen molar-refractivity contribution >= 4 is 0 Å². The Morgan fingerprint density at radius 2 is 2.38 bits per heavy atom. The van der Waals surface area contributed by atoms with E-state index < -0.39 is 0 Å². The fraction of sp³-hybridized carbons (Fsp3) is 0.727. The lowest BCUT2D eigenvalue weighted by molar-refractivity contribution is 0.198. The average Bonchev–Trinajstić information content (AvgIpc) is 2.67. The fourth-order valence-corrected chi connectivity index (χ4v) is 1.40. The van der Waals surface area contributed by atoms with Crippen LogP contribution in [0.3, 0.4) is 0 Å². The predicted molar refractivity (Wildman–Crippen MR) is 64.3 cm³/mol. The van der Waals surface area contributed by atoms with Gasteiger partial charge in [0.2, 0.25) is 0 Å². The number of nitrogens with zero attached hydrogens (tertiary/aromatic N) is 2. The highest BCUT2D eigenvalue weighted by molar-refractivity contribution is 4.96. The second-order valence-electron chi connectivity index (χ2n) is 3.97. The predicted octanol–water partition coefficient (Wildman–Crippen LogP) is 0.134. The molecular formula is C11H22N4O. The van der Waals surface area contributed by atoms with E-state index in [1.165, 1.54) is 5.69 Å². The summed E-state index contributed by atoms with van der Waals surface area (Å²) in [5.41, 5.74) is 1.20. The van der Waals surface area contributed by atoms with Crippen LogP contribution in [-0.4, -0.2) is 42.4 Å². The molecule has 2 N–H and O–H groups in total. The third-order valence-electron chi connectivity index (χ3n) is 2.48. The fourth-order valence-electron chi connectivity index (χ4n) is 1.40. The highest BCUT2D eigenvalue weighted by Crippen LogP contribution is 1.95. The van der Waals surface area contributed by atoms with E-state index in [2.05, 4.69) is 22.5 Å². The number of ether oxygens (including phenoxy) is 1. The summed E-state index contributed by atoms with van der Waals surface area (Å²) in [6, 6.07) is 0.437. The molecule has 0 fully saturated rings. The summed E-state index contributed by atoms with van der Waals surface area (Å²) in [7, 11) is 3.72. The van der Waals surface area contributed by atoms with Gasteiger partial charge in [-0.3, -0.25) is 0 Å². The van der Waals surface area contributed by atoms with Crippen molar-refractivity contribution < 1.29 is 4.74 Å². The maximum atomic E-state index is 4.96. The van der Waals surface area contributed by atoms with Gasteiger partial charge >= 0.3 is 0 Å². The molecule has 0 saturated heterocycles. The van der Waals surface area contributed by atoms with E-state index in [1.807, 2.05) is 24.1 Å². The molecule has 0 amide bonds. The van der Waals surface area contributed by atoms with Gasteiger partial charge in [-0.2, -0.15) is 0 Å². The van der Waals surface area contributed by atoms with Gasteiger partial charge in [-0.05, 0) is 6.92 Å². The minimum absolute atomic E-state index is 0.437. The van der Waals surface area contributed by atoms with Crippen LogP contribution in [0.1, 0.15) is 12.6 Å². The van der Waals surface area contributed by atoms with E-state index >= 15 is 0 Å². The Hall–Kier alpha value is -0.910. The normalized spacial score (nSPS) is 12.9. The zero-order valence-electron chi connectivity index (χ0n) is 10.4. The summed E-state index contributed by atoms with van der Waals surface area (Å²) in [5.74, 6) is 0. The number of hydrogen-bond acceptors (Lipinski definition) is 4. The maximum absolute atomic E-state index is 4.96. The number of rotatable bonds is 8. The van der Waals surface area contributed by atoms with Gasteiger partial charge in [0, 0.05) is 46.0 Å². The molecule has 0 aliphatic heterocycles. The first kappa shape index (κ1) is 13.2. The summed E-state index contributed by atoms with van der Waals surface area (Å²) in [4.78, 5) is 4.08. The lowest BCUT2D eigenvalue weighted by Gasteiger charge is -2.14. The molecule has 1 atom stereocenters. The highest BCUT2D eigenvalue weighted by Gasteiger charge is 2.02. The molecule has 5 nitrogen and oxygen atoms in total. The smallest absolute Gasteiger partial charge is 0.0945 e. The van der Waals surface area contributed by atoms with Crippen molar-refractivity contribution in [3.05, 3.63) is 18.2 Å². The van der Waals surface area contributed by atoms with E-state index in [-0.39, 0.29) is 0 Å². The number of aryl methyl sites for hydroxylation is 1. The molecular weight excluding hydrogens is 204 g/mol. The second kappa shape index (κ2) is 7.38. The van der Waals surface area contributed by atoms with Gasteiger partial charge in [-0.15, -0.1) is 0 Å². The molecule has 0 spiro atoms.